The van der Waals surface area contributed by atoms with Crippen LogP contribution in [-0.2, 0) is 11.3 Å². The first-order valence-corrected chi connectivity index (χ1v) is 10.0. The maximum absolute atomic E-state index is 9.84. The van der Waals surface area contributed by atoms with Crippen molar-refractivity contribution in [3.05, 3.63) is 34.3 Å². The molecule has 148 valence electrons. The van der Waals surface area contributed by atoms with Gasteiger partial charge < -0.3 is 25.2 Å². The highest BCUT2D eigenvalue weighted by Gasteiger charge is 2.35. The van der Waals surface area contributed by atoms with Crippen molar-refractivity contribution >= 4 is 15.9 Å². The number of likely N-dealkylation sites (tertiary alicyclic amines) is 1. The van der Waals surface area contributed by atoms with Gasteiger partial charge in [-0.3, -0.25) is 4.90 Å². The molecule has 0 aromatic heterocycles. The first-order valence-electron chi connectivity index (χ1n) is 9.24. The molecule has 4 N–H and O–H groups in total. The average Bonchev–Trinajstić information content (AvgIpc) is 2.71. The molecule has 0 unspecified atom stereocenters. The van der Waals surface area contributed by atoms with E-state index >= 15 is 0 Å². The van der Waals surface area contributed by atoms with E-state index in [0.717, 1.165) is 48.9 Å². The summed E-state index contributed by atoms with van der Waals surface area (Å²) in [4.78, 5) is 1.90. The van der Waals surface area contributed by atoms with Gasteiger partial charge in [0.1, 0.15) is 12.2 Å². The Hall–Kier alpha value is -0.540. The number of nitrogens with zero attached hydrogens (tertiary/aromatic N) is 1. The van der Waals surface area contributed by atoms with Gasteiger partial charge in [-0.25, -0.2) is 0 Å². The van der Waals surface area contributed by atoms with Crippen LogP contribution in [0.2, 0.25) is 0 Å². The van der Waals surface area contributed by atoms with Gasteiger partial charge in [0, 0.05) is 24.2 Å². The number of benzene rings is 1. The van der Waals surface area contributed by atoms with Crippen LogP contribution in [-0.4, -0.2) is 76.0 Å². The highest BCUT2D eigenvalue weighted by Crippen LogP contribution is 2.15. The van der Waals surface area contributed by atoms with E-state index in [4.69, 9.17) is 4.74 Å². The second-order valence-electron chi connectivity index (χ2n) is 6.97. The Labute approximate surface area is 163 Å². The fourth-order valence-electron chi connectivity index (χ4n) is 3.12. The molecule has 26 heavy (non-hydrogen) atoms. The molecule has 6 nitrogen and oxygen atoms in total. The summed E-state index contributed by atoms with van der Waals surface area (Å²) in [6.45, 7) is 2.63. The molecule has 0 radical (unpaired) electrons. The van der Waals surface area contributed by atoms with Crippen molar-refractivity contribution in [3.63, 3.8) is 0 Å². The fraction of sp³-hybridized carbons (Fsp3) is 0.684. The molecule has 1 aliphatic heterocycles. The van der Waals surface area contributed by atoms with Gasteiger partial charge in [-0.2, -0.15) is 0 Å². The minimum Gasteiger partial charge on any atom is -0.389 e. The zero-order valence-corrected chi connectivity index (χ0v) is 16.6. The highest BCUT2D eigenvalue weighted by molar-refractivity contribution is 9.10. The molecule has 0 aliphatic carbocycles. The molecule has 1 fully saturated rings. The lowest BCUT2D eigenvalue weighted by Crippen LogP contribution is -2.43. The van der Waals surface area contributed by atoms with Crippen LogP contribution in [0.3, 0.4) is 0 Å². The Balaban J connectivity index is 1.53. The van der Waals surface area contributed by atoms with Gasteiger partial charge in [0.15, 0.2) is 0 Å². The van der Waals surface area contributed by atoms with E-state index in [2.05, 4.69) is 15.9 Å². The number of hydrogen-bond donors (Lipinski definition) is 4. The summed E-state index contributed by atoms with van der Waals surface area (Å²) in [6, 6.07) is 8.10. The second kappa shape index (κ2) is 11.3. The van der Waals surface area contributed by atoms with Crippen molar-refractivity contribution in [1.29, 1.82) is 0 Å². The van der Waals surface area contributed by atoms with Crippen molar-refractivity contribution < 1.29 is 25.2 Å². The molecule has 1 saturated heterocycles. The minimum absolute atomic E-state index is 0.269. The van der Waals surface area contributed by atoms with Crippen molar-refractivity contribution in [2.24, 2.45) is 0 Å². The number of β-amino-alcohol motifs (C(OH)–C–C–N with tert-alkyl or cyclic N) is 2. The van der Waals surface area contributed by atoms with Crippen LogP contribution in [0.5, 0.6) is 0 Å². The monoisotopic (exact) mass is 431 g/mol. The molecule has 1 heterocycles. The maximum Gasteiger partial charge on any atom is 0.110 e. The zero-order chi connectivity index (χ0) is 18.9. The van der Waals surface area contributed by atoms with Crippen molar-refractivity contribution in [2.75, 3.05) is 26.2 Å². The first-order chi connectivity index (χ1) is 12.5. The predicted molar refractivity (Wildman–Crippen MR) is 103 cm³/mol. The highest BCUT2D eigenvalue weighted by atomic mass is 79.9. The van der Waals surface area contributed by atoms with Crippen molar-refractivity contribution in [2.45, 2.75) is 56.7 Å². The number of unbranched alkanes of at least 4 members (excludes halogenated alkanes) is 3. The van der Waals surface area contributed by atoms with E-state index in [1.165, 1.54) is 0 Å². The van der Waals surface area contributed by atoms with E-state index in [0.29, 0.717) is 6.61 Å². The molecule has 1 aromatic carbocycles. The second-order valence-corrected chi connectivity index (χ2v) is 7.88. The van der Waals surface area contributed by atoms with E-state index in [1.807, 2.05) is 29.2 Å². The predicted octanol–water partition coefficient (Wildman–Crippen LogP) is 1.29. The van der Waals surface area contributed by atoms with Crippen LogP contribution in [0.4, 0.5) is 0 Å². The Bertz CT molecular complexity index is 499. The van der Waals surface area contributed by atoms with E-state index in [9.17, 15) is 20.4 Å². The molecule has 7 heteroatoms. The van der Waals surface area contributed by atoms with Crippen LogP contribution in [0, 0.1) is 0 Å². The van der Waals surface area contributed by atoms with Gasteiger partial charge in [-0.05, 0) is 37.1 Å². The number of rotatable bonds is 9. The van der Waals surface area contributed by atoms with Crippen LogP contribution >= 0.6 is 15.9 Å². The summed E-state index contributed by atoms with van der Waals surface area (Å²) in [5.74, 6) is 0. The third-order valence-electron chi connectivity index (χ3n) is 4.72. The van der Waals surface area contributed by atoms with E-state index in [1.54, 1.807) is 0 Å². The number of hydrogen-bond acceptors (Lipinski definition) is 6. The standard InChI is InChI=1S/C19H30BrNO5/c20-15-7-5-14(6-8-15)13-26-10-4-2-1-3-9-21-11-16(22)18(24)19(25)17(23)12-21/h5-8,16-19,22-25H,1-4,9-13H2/t16-,17-,18+,19+/m0/s1. The smallest absolute Gasteiger partial charge is 0.110 e. The SMILES string of the molecule is O[C@H]1[C@H](O)[C@@H](O)CN(CCCCCCOCc2ccc(Br)cc2)C[C@@H]1O. The van der Waals surface area contributed by atoms with Crippen LogP contribution in [0.1, 0.15) is 31.2 Å². The van der Waals surface area contributed by atoms with Gasteiger partial charge in [0.05, 0.1) is 18.8 Å². The fourth-order valence-corrected chi connectivity index (χ4v) is 3.39. The Morgan fingerprint density at radius 2 is 1.46 bits per heavy atom. The topological polar surface area (TPSA) is 93.4 Å². The number of aliphatic hydroxyl groups excluding tert-OH is 4. The summed E-state index contributed by atoms with van der Waals surface area (Å²) < 4.78 is 6.74. The molecular formula is C19H30BrNO5. The maximum atomic E-state index is 9.84. The molecule has 0 amide bonds. The molecule has 4 atom stereocenters. The molecular weight excluding hydrogens is 402 g/mol. The van der Waals surface area contributed by atoms with Crippen LogP contribution < -0.4 is 0 Å². The number of ether oxygens (including phenoxy) is 1. The third-order valence-corrected chi connectivity index (χ3v) is 5.25. The molecule has 0 bridgehead atoms. The Morgan fingerprint density at radius 3 is 2.08 bits per heavy atom. The Kier molecular flexibility index (Phi) is 9.49. The lowest BCUT2D eigenvalue weighted by atomic mass is 10.1. The molecule has 1 aromatic rings. The van der Waals surface area contributed by atoms with Crippen LogP contribution in [0.15, 0.2) is 28.7 Å². The summed E-state index contributed by atoms with van der Waals surface area (Å²) in [7, 11) is 0. The summed E-state index contributed by atoms with van der Waals surface area (Å²) >= 11 is 3.41. The van der Waals surface area contributed by atoms with Crippen LogP contribution in [0.25, 0.3) is 0 Å². The largest absolute Gasteiger partial charge is 0.389 e. The molecule has 0 saturated carbocycles. The average molecular weight is 432 g/mol. The van der Waals surface area contributed by atoms with Gasteiger partial charge >= 0.3 is 0 Å². The number of aliphatic hydroxyl groups is 4. The minimum atomic E-state index is -1.29. The summed E-state index contributed by atoms with van der Waals surface area (Å²) in [5, 5.41) is 39.1. The van der Waals surface area contributed by atoms with E-state index < -0.39 is 24.4 Å². The Morgan fingerprint density at radius 1 is 0.885 bits per heavy atom. The lowest BCUT2D eigenvalue weighted by molar-refractivity contribution is -0.0894. The lowest BCUT2D eigenvalue weighted by Gasteiger charge is -2.23. The van der Waals surface area contributed by atoms with Crippen molar-refractivity contribution in [3.8, 4) is 0 Å². The van der Waals surface area contributed by atoms with Gasteiger partial charge in [-0.1, -0.05) is 40.9 Å². The molecule has 1 aliphatic rings. The quantitative estimate of drug-likeness (QED) is 0.440. The molecule has 0 spiro atoms. The van der Waals surface area contributed by atoms with Gasteiger partial charge in [0.2, 0.25) is 0 Å². The number of halogens is 1. The van der Waals surface area contributed by atoms with Crippen molar-refractivity contribution in [1.82, 2.24) is 4.90 Å². The molecule has 2 rings (SSSR count). The summed E-state index contributed by atoms with van der Waals surface area (Å²) in [6.07, 6.45) is -0.614. The zero-order valence-electron chi connectivity index (χ0n) is 15.0. The van der Waals surface area contributed by atoms with Gasteiger partial charge in [0.25, 0.3) is 0 Å². The van der Waals surface area contributed by atoms with Gasteiger partial charge in [-0.15, -0.1) is 0 Å². The summed E-state index contributed by atoms with van der Waals surface area (Å²) in [5.41, 5.74) is 1.16. The normalized spacial score (nSPS) is 27.4. The first kappa shape index (κ1) is 21.8. The van der Waals surface area contributed by atoms with E-state index in [-0.39, 0.29) is 13.1 Å². The third kappa shape index (κ3) is 7.23.